The first-order valence-corrected chi connectivity index (χ1v) is 11.8. The number of piperazine rings is 2. The van der Waals surface area contributed by atoms with Crippen LogP contribution in [-0.2, 0) is 11.3 Å². The van der Waals surface area contributed by atoms with Crippen LogP contribution in [0.25, 0.3) is 0 Å². The summed E-state index contributed by atoms with van der Waals surface area (Å²) in [7, 11) is 0. The molecule has 2 aliphatic heterocycles. The molecule has 160 valence electrons. The predicted octanol–water partition coefficient (Wildman–Crippen LogP) is -0.675. The molecule has 7 heteroatoms. The molecule has 1 aromatic carbocycles. The van der Waals surface area contributed by atoms with Crippen molar-refractivity contribution in [2.24, 2.45) is 0 Å². The number of nitrogens with one attached hydrogen (secondary N) is 2. The van der Waals surface area contributed by atoms with Crippen molar-refractivity contribution >= 4 is 23.2 Å². The molecular formula is C23H32N4O2S+2. The van der Waals surface area contributed by atoms with Crippen LogP contribution in [0.2, 0.25) is 0 Å². The minimum atomic E-state index is 0.0930. The van der Waals surface area contributed by atoms with Gasteiger partial charge in [0.1, 0.15) is 32.7 Å². The number of hydrogen-bond donors (Lipinski definition) is 2. The zero-order valence-corrected chi connectivity index (χ0v) is 18.5. The van der Waals surface area contributed by atoms with Crippen molar-refractivity contribution in [3.63, 3.8) is 0 Å². The fourth-order valence-corrected chi connectivity index (χ4v) is 5.15. The number of nitrogens with zero attached hydrogens (tertiary/aromatic N) is 2. The highest BCUT2D eigenvalue weighted by atomic mass is 32.1. The number of hydrogen-bond acceptors (Lipinski definition) is 3. The number of rotatable bonds is 5. The number of amides is 2. The maximum absolute atomic E-state index is 12.8. The third-order valence-electron chi connectivity index (χ3n) is 6.25. The molecule has 1 aromatic heterocycles. The molecule has 0 saturated carbocycles. The van der Waals surface area contributed by atoms with Gasteiger partial charge in [-0.05, 0) is 18.4 Å². The Morgan fingerprint density at radius 1 is 0.933 bits per heavy atom. The summed E-state index contributed by atoms with van der Waals surface area (Å²) in [4.78, 5) is 32.8. The van der Waals surface area contributed by atoms with Crippen molar-refractivity contribution in [2.45, 2.75) is 13.5 Å². The highest BCUT2D eigenvalue weighted by molar-refractivity contribution is 7.12. The van der Waals surface area contributed by atoms with Gasteiger partial charge < -0.3 is 19.6 Å². The number of carbonyl (C=O) groups excluding carboxylic acids is 2. The van der Waals surface area contributed by atoms with Crippen LogP contribution < -0.4 is 9.80 Å². The molecule has 0 bridgehead atoms. The molecule has 0 radical (unpaired) electrons. The van der Waals surface area contributed by atoms with Crippen molar-refractivity contribution in [1.29, 1.82) is 0 Å². The second kappa shape index (κ2) is 9.73. The van der Waals surface area contributed by atoms with Gasteiger partial charge in [-0.1, -0.05) is 35.9 Å². The fourth-order valence-electron chi connectivity index (χ4n) is 4.46. The van der Waals surface area contributed by atoms with Crippen LogP contribution in [-0.4, -0.2) is 80.5 Å². The van der Waals surface area contributed by atoms with Crippen LogP contribution in [0.15, 0.2) is 41.8 Å². The summed E-state index contributed by atoms with van der Waals surface area (Å²) >= 11 is 1.48. The van der Waals surface area contributed by atoms with Gasteiger partial charge in [-0.15, -0.1) is 11.3 Å². The van der Waals surface area contributed by atoms with Crippen molar-refractivity contribution in [1.82, 2.24) is 9.80 Å². The molecule has 2 N–H and O–H groups in total. The average Bonchev–Trinajstić information content (AvgIpc) is 3.30. The van der Waals surface area contributed by atoms with Gasteiger partial charge in [0.2, 0.25) is 0 Å². The lowest BCUT2D eigenvalue weighted by Gasteiger charge is -2.36. The van der Waals surface area contributed by atoms with E-state index < -0.39 is 0 Å². The maximum Gasteiger partial charge on any atom is 0.277 e. The Morgan fingerprint density at radius 2 is 1.63 bits per heavy atom. The third-order valence-corrected chi connectivity index (χ3v) is 7.11. The largest absolute Gasteiger partial charge is 0.334 e. The Labute approximate surface area is 182 Å². The first kappa shape index (κ1) is 21.0. The van der Waals surface area contributed by atoms with Crippen molar-refractivity contribution in [3.05, 3.63) is 57.8 Å². The molecular weight excluding hydrogens is 396 g/mol. The zero-order valence-electron chi connectivity index (χ0n) is 17.7. The Kier molecular flexibility index (Phi) is 6.82. The summed E-state index contributed by atoms with van der Waals surface area (Å²) in [6.45, 7) is 10.7. The van der Waals surface area contributed by atoms with E-state index in [0.717, 1.165) is 37.6 Å². The predicted molar refractivity (Wildman–Crippen MR) is 118 cm³/mol. The van der Waals surface area contributed by atoms with Crippen molar-refractivity contribution in [3.8, 4) is 0 Å². The Morgan fingerprint density at radius 3 is 2.30 bits per heavy atom. The second-order valence-corrected chi connectivity index (χ2v) is 9.44. The summed E-state index contributed by atoms with van der Waals surface area (Å²) in [5, 5.41) is 1.93. The van der Waals surface area contributed by atoms with E-state index in [1.807, 2.05) is 27.3 Å². The first-order chi connectivity index (χ1) is 14.6. The Balaban J connectivity index is 1.19. The van der Waals surface area contributed by atoms with Gasteiger partial charge in [0.15, 0.2) is 6.54 Å². The first-order valence-electron chi connectivity index (χ1n) is 10.9. The van der Waals surface area contributed by atoms with Crippen molar-refractivity contribution in [2.75, 3.05) is 58.9 Å². The van der Waals surface area contributed by atoms with Crippen LogP contribution in [0.4, 0.5) is 0 Å². The molecule has 0 spiro atoms. The van der Waals surface area contributed by atoms with E-state index in [2.05, 4.69) is 31.2 Å². The lowest BCUT2D eigenvalue weighted by molar-refractivity contribution is -1.02. The SMILES string of the molecule is Cc1cccc(C[NH+]2CC[NH+](CC(=O)N3CCN(C(=O)c4cccs4)CC3)CC2)c1. The molecule has 2 amide bonds. The number of benzene rings is 1. The number of aryl methyl sites for hydroxylation is 1. The van der Waals surface area contributed by atoms with E-state index >= 15 is 0 Å². The van der Waals surface area contributed by atoms with E-state index in [0.29, 0.717) is 32.7 Å². The molecule has 2 saturated heterocycles. The summed E-state index contributed by atoms with van der Waals surface area (Å²) < 4.78 is 0. The standard InChI is InChI=1S/C23H30N4O2S/c1-19-4-2-5-20(16-19)17-24-7-9-25(10-8-24)18-22(28)26-11-13-27(14-12-26)23(29)21-6-3-15-30-21/h2-6,15-16H,7-14,17-18H2,1H3/p+2. The number of carbonyl (C=O) groups is 2. The minimum Gasteiger partial charge on any atom is -0.334 e. The van der Waals surface area contributed by atoms with Crippen molar-refractivity contribution < 1.29 is 19.4 Å². The van der Waals surface area contributed by atoms with E-state index in [1.54, 1.807) is 4.90 Å². The normalized spacial score (nSPS) is 22.2. The van der Waals surface area contributed by atoms with Gasteiger partial charge in [-0.3, -0.25) is 9.59 Å². The molecule has 2 aliphatic rings. The van der Waals surface area contributed by atoms with Crippen LogP contribution in [0.1, 0.15) is 20.8 Å². The van der Waals surface area contributed by atoms with Gasteiger partial charge in [-0.25, -0.2) is 0 Å². The highest BCUT2D eigenvalue weighted by Gasteiger charge is 2.29. The molecule has 6 nitrogen and oxygen atoms in total. The molecule has 2 aromatic rings. The lowest BCUT2D eigenvalue weighted by atomic mass is 10.1. The second-order valence-electron chi connectivity index (χ2n) is 8.49. The number of quaternary nitrogens is 2. The van der Waals surface area contributed by atoms with E-state index in [1.165, 1.54) is 27.4 Å². The van der Waals surface area contributed by atoms with E-state index in [9.17, 15) is 9.59 Å². The molecule has 2 fully saturated rings. The monoisotopic (exact) mass is 428 g/mol. The van der Waals surface area contributed by atoms with Gasteiger partial charge in [0.05, 0.1) is 4.88 Å². The zero-order chi connectivity index (χ0) is 20.9. The van der Waals surface area contributed by atoms with Crippen LogP contribution in [0, 0.1) is 6.92 Å². The van der Waals surface area contributed by atoms with Crippen LogP contribution in [0.3, 0.4) is 0 Å². The minimum absolute atomic E-state index is 0.0930. The molecule has 0 atom stereocenters. The van der Waals surface area contributed by atoms with Crippen LogP contribution >= 0.6 is 11.3 Å². The topological polar surface area (TPSA) is 49.5 Å². The third kappa shape index (κ3) is 5.28. The quantitative estimate of drug-likeness (QED) is 0.664. The Hall–Kier alpha value is -2.22. The molecule has 3 heterocycles. The lowest BCUT2D eigenvalue weighted by Crippen LogP contribution is -3.28. The number of thiophene rings is 1. The summed E-state index contributed by atoms with van der Waals surface area (Å²) in [6, 6.07) is 12.5. The highest BCUT2D eigenvalue weighted by Crippen LogP contribution is 2.13. The average molecular weight is 429 g/mol. The van der Waals surface area contributed by atoms with E-state index in [4.69, 9.17) is 0 Å². The maximum atomic E-state index is 12.8. The molecule has 0 unspecified atom stereocenters. The molecule has 30 heavy (non-hydrogen) atoms. The molecule has 0 aliphatic carbocycles. The van der Waals surface area contributed by atoms with Gasteiger partial charge >= 0.3 is 0 Å². The summed E-state index contributed by atoms with van der Waals surface area (Å²) in [6.07, 6.45) is 0. The van der Waals surface area contributed by atoms with Gasteiger partial charge in [0.25, 0.3) is 11.8 Å². The summed E-state index contributed by atoms with van der Waals surface area (Å²) in [5.74, 6) is 0.325. The van der Waals surface area contributed by atoms with E-state index in [-0.39, 0.29) is 11.8 Å². The molecule has 4 rings (SSSR count). The van der Waals surface area contributed by atoms with Gasteiger partial charge in [0, 0.05) is 31.7 Å². The van der Waals surface area contributed by atoms with Gasteiger partial charge in [-0.2, -0.15) is 0 Å². The van der Waals surface area contributed by atoms with Crippen LogP contribution in [0.5, 0.6) is 0 Å². The fraction of sp³-hybridized carbons (Fsp3) is 0.478. The Bertz CT molecular complexity index is 854. The summed E-state index contributed by atoms with van der Waals surface area (Å²) in [5.41, 5.74) is 2.72. The smallest absolute Gasteiger partial charge is 0.277 e.